The van der Waals surface area contributed by atoms with Gasteiger partial charge in [0.2, 0.25) is 0 Å². The number of para-hydroxylation sites is 3. The topological polar surface area (TPSA) is 39.9 Å². The molecule has 0 saturated carbocycles. The van der Waals surface area contributed by atoms with E-state index in [4.69, 9.17) is 14.7 Å². The van der Waals surface area contributed by atoms with E-state index in [1.807, 2.05) is 12.3 Å². The van der Waals surface area contributed by atoms with Gasteiger partial charge in [0.15, 0.2) is 0 Å². The van der Waals surface area contributed by atoms with Gasteiger partial charge in [-0.2, -0.15) is 0 Å². The number of rotatable bonds is 2. The van der Waals surface area contributed by atoms with Gasteiger partial charge in [0, 0.05) is 33.7 Å². The summed E-state index contributed by atoms with van der Waals surface area (Å²) in [5.41, 5.74) is 12.9. The van der Waals surface area contributed by atoms with E-state index in [0.29, 0.717) is 0 Å². The molecule has 0 bridgehead atoms. The van der Waals surface area contributed by atoms with Crippen LogP contribution in [-0.4, -0.2) is 14.5 Å². The third-order valence-corrected chi connectivity index (χ3v) is 10.5. The van der Waals surface area contributed by atoms with Gasteiger partial charge in [-0.3, -0.25) is 9.55 Å². The van der Waals surface area contributed by atoms with Crippen molar-refractivity contribution in [2.24, 2.45) is 0 Å². The summed E-state index contributed by atoms with van der Waals surface area (Å²) in [6, 6.07) is 56.2. The van der Waals surface area contributed by atoms with E-state index in [9.17, 15) is 0 Å². The highest BCUT2D eigenvalue weighted by molar-refractivity contribution is 6.12. The second-order valence-corrected chi connectivity index (χ2v) is 12.9. The number of benzene rings is 6. The zero-order chi connectivity index (χ0) is 32.1. The molecule has 4 heteroatoms. The zero-order valence-electron chi connectivity index (χ0n) is 26.3. The maximum atomic E-state index is 6.60. The van der Waals surface area contributed by atoms with Crippen LogP contribution in [0, 0.1) is 0 Å². The van der Waals surface area contributed by atoms with Crippen molar-refractivity contribution in [2.75, 3.05) is 0 Å². The Bertz CT molecular complexity index is 2770. The predicted molar refractivity (Wildman–Crippen MR) is 197 cm³/mol. The fourth-order valence-corrected chi connectivity index (χ4v) is 8.56. The lowest BCUT2D eigenvalue weighted by molar-refractivity contribution is 0.436. The molecule has 1 aliphatic carbocycles. The van der Waals surface area contributed by atoms with Crippen LogP contribution in [0.1, 0.15) is 22.3 Å². The van der Waals surface area contributed by atoms with Crippen molar-refractivity contribution in [3.63, 3.8) is 0 Å². The fourth-order valence-electron chi connectivity index (χ4n) is 8.56. The largest absolute Gasteiger partial charge is 0.457 e. The summed E-state index contributed by atoms with van der Waals surface area (Å²) in [6.45, 7) is 0. The summed E-state index contributed by atoms with van der Waals surface area (Å²) in [5.74, 6) is 2.64. The minimum absolute atomic E-state index is 0.553. The summed E-state index contributed by atoms with van der Waals surface area (Å²) in [6.07, 6.45) is 1.85. The van der Waals surface area contributed by atoms with E-state index in [-0.39, 0.29) is 0 Å². The summed E-state index contributed by atoms with van der Waals surface area (Å²) >= 11 is 0. The van der Waals surface area contributed by atoms with Crippen molar-refractivity contribution in [2.45, 2.75) is 5.41 Å². The molecule has 0 radical (unpaired) electrons. The van der Waals surface area contributed by atoms with E-state index in [2.05, 4.69) is 156 Å². The maximum Gasteiger partial charge on any atom is 0.139 e. The van der Waals surface area contributed by atoms with Gasteiger partial charge in [0.1, 0.15) is 17.3 Å². The third-order valence-electron chi connectivity index (χ3n) is 10.5. The number of hydrogen-bond donors (Lipinski definition) is 0. The molecule has 0 N–H and O–H groups in total. The Morgan fingerprint density at radius 2 is 1.18 bits per heavy atom. The molecule has 3 aromatic heterocycles. The Labute approximate surface area is 282 Å². The summed E-state index contributed by atoms with van der Waals surface area (Å²) in [5, 5.41) is 2.39. The van der Waals surface area contributed by atoms with Crippen molar-refractivity contribution in [1.82, 2.24) is 14.5 Å². The number of ether oxygens (including phenoxy) is 1. The van der Waals surface area contributed by atoms with Crippen molar-refractivity contribution in [1.29, 1.82) is 0 Å². The highest BCUT2D eigenvalue weighted by Gasteiger charge is 2.51. The molecule has 6 aromatic carbocycles. The van der Waals surface area contributed by atoms with Gasteiger partial charge in [-0.25, -0.2) is 4.98 Å². The SMILES string of the molecule is c1ccc(-c2cc(-n3c4ccccc4c4cc5c(cc43)C3(c4ccccc4Oc4ccccc43)c3ccccc3-5)nc3cccnc23)cc1. The lowest BCUT2D eigenvalue weighted by Crippen LogP contribution is -2.32. The van der Waals surface area contributed by atoms with Gasteiger partial charge < -0.3 is 4.74 Å². The fraction of sp³-hybridized carbons (Fsp3) is 0.0222. The Morgan fingerprint density at radius 1 is 0.490 bits per heavy atom. The molecular weight excluding hydrogens is 599 g/mol. The van der Waals surface area contributed by atoms with Crippen molar-refractivity contribution >= 4 is 32.8 Å². The van der Waals surface area contributed by atoms with Crippen LogP contribution in [0.3, 0.4) is 0 Å². The van der Waals surface area contributed by atoms with E-state index < -0.39 is 5.41 Å². The van der Waals surface area contributed by atoms with Crippen LogP contribution in [0.2, 0.25) is 0 Å². The van der Waals surface area contributed by atoms with Crippen LogP contribution < -0.4 is 4.74 Å². The van der Waals surface area contributed by atoms with Crippen molar-refractivity contribution < 1.29 is 4.74 Å². The molecule has 1 spiro atoms. The van der Waals surface area contributed by atoms with E-state index >= 15 is 0 Å². The van der Waals surface area contributed by atoms with Crippen molar-refractivity contribution in [3.05, 3.63) is 186 Å². The van der Waals surface area contributed by atoms with Crippen molar-refractivity contribution in [3.8, 4) is 39.6 Å². The second kappa shape index (κ2) is 9.75. The smallest absolute Gasteiger partial charge is 0.139 e. The lowest BCUT2D eigenvalue weighted by atomic mass is 9.66. The third kappa shape index (κ3) is 3.47. The second-order valence-electron chi connectivity index (χ2n) is 12.9. The molecule has 4 nitrogen and oxygen atoms in total. The zero-order valence-corrected chi connectivity index (χ0v) is 26.3. The first kappa shape index (κ1) is 26.5. The number of aromatic nitrogens is 3. The predicted octanol–water partition coefficient (Wildman–Crippen LogP) is 10.9. The standard InChI is InChI=1S/C45H27N3O/c1-2-13-28(14-3-1)31-26-43(47-38-20-12-24-46-44(31)38)48-39-21-9-5-16-30(39)33-25-32-29-15-4-6-17-34(29)45(37(32)27-40(33)48)35-18-7-10-22-41(35)49-42-23-11-8-19-36(42)45/h1-27H. The number of hydrogen-bond acceptors (Lipinski definition) is 3. The molecule has 4 heterocycles. The van der Waals surface area contributed by atoms with Gasteiger partial charge in [0.25, 0.3) is 0 Å². The number of nitrogens with zero attached hydrogens (tertiary/aromatic N) is 3. The molecular formula is C45H27N3O. The first-order chi connectivity index (χ1) is 24.3. The van der Waals surface area contributed by atoms with Gasteiger partial charge in [-0.15, -0.1) is 0 Å². The molecule has 0 saturated heterocycles. The maximum absolute atomic E-state index is 6.60. The van der Waals surface area contributed by atoms with Crippen LogP contribution in [0.25, 0.3) is 60.9 Å². The Hall–Kier alpha value is -6.52. The average molecular weight is 626 g/mol. The molecule has 0 amide bonds. The summed E-state index contributed by atoms with van der Waals surface area (Å²) < 4.78 is 8.94. The first-order valence-corrected chi connectivity index (χ1v) is 16.7. The molecule has 49 heavy (non-hydrogen) atoms. The quantitative estimate of drug-likeness (QED) is 0.192. The molecule has 228 valence electrons. The molecule has 1 aliphatic heterocycles. The Kier molecular flexibility index (Phi) is 5.28. The first-order valence-electron chi connectivity index (χ1n) is 16.7. The van der Waals surface area contributed by atoms with Gasteiger partial charge in [0.05, 0.1) is 27.5 Å². The highest BCUT2D eigenvalue weighted by atomic mass is 16.5. The van der Waals surface area contributed by atoms with Gasteiger partial charge in [-0.1, -0.05) is 109 Å². The van der Waals surface area contributed by atoms with Crippen LogP contribution in [0.4, 0.5) is 0 Å². The molecule has 0 atom stereocenters. The van der Waals surface area contributed by atoms with Crippen LogP contribution in [-0.2, 0) is 5.41 Å². The number of fused-ring (bicyclic) bond motifs is 13. The minimum Gasteiger partial charge on any atom is -0.457 e. The molecule has 11 rings (SSSR count). The normalized spacial score (nSPS) is 13.6. The van der Waals surface area contributed by atoms with E-state index in [1.165, 1.54) is 33.0 Å². The van der Waals surface area contributed by atoms with E-state index in [1.54, 1.807) is 0 Å². The van der Waals surface area contributed by atoms with Crippen LogP contribution >= 0.6 is 0 Å². The summed E-state index contributed by atoms with van der Waals surface area (Å²) in [7, 11) is 0. The van der Waals surface area contributed by atoms with E-state index in [0.717, 1.165) is 61.6 Å². The van der Waals surface area contributed by atoms with Crippen LogP contribution in [0.15, 0.2) is 164 Å². The number of pyridine rings is 2. The highest BCUT2D eigenvalue weighted by Crippen LogP contribution is 2.62. The van der Waals surface area contributed by atoms with Gasteiger partial charge in [-0.05, 0) is 76.3 Å². The Morgan fingerprint density at radius 3 is 2.00 bits per heavy atom. The average Bonchev–Trinajstić information content (AvgIpc) is 3.64. The van der Waals surface area contributed by atoms with Crippen LogP contribution in [0.5, 0.6) is 11.5 Å². The molecule has 0 fully saturated rings. The Balaban J connectivity index is 1.29. The molecule has 0 unspecified atom stereocenters. The molecule has 2 aliphatic rings. The lowest BCUT2D eigenvalue weighted by Gasteiger charge is -2.39. The summed E-state index contributed by atoms with van der Waals surface area (Å²) in [4.78, 5) is 10.1. The molecule has 9 aromatic rings. The van der Waals surface area contributed by atoms with Gasteiger partial charge >= 0.3 is 0 Å². The monoisotopic (exact) mass is 625 g/mol. The minimum atomic E-state index is -0.553.